The van der Waals surface area contributed by atoms with E-state index in [2.05, 4.69) is 9.97 Å². The van der Waals surface area contributed by atoms with Crippen LogP contribution in [0.5, 0.6) is 0 Å². The lowest BCUT2D eigenvalue weighted by Gasteiger charge is -2.02. The number of nitrogens with zero attached hydrogens (tertiary/aromatic N) is 1. The van der Waals surface area contributed by atoms with Crippen LogP contribution in [0, 0.1) is 0 Å². The molecular formula is C19H13ClN2O3S. The summed E-state index contributed by atoms with van der Waals surface area (Å²) in [7, 11) is 0. The number of aromatic nitrogens is 2. The Morgan fingerprint density at radius 2 is 1.88 bits per heavy atom. The minimum absolute atomic E-state index is 0.0694. The SMILES string of the molecule is O=C(O)CCc1nc2sc3cc(-c4ccc(Cl)cc4)ccc3c2c(=O)[nH]1. The van der Waals surface area contributed by atoms with Crippen LogP contribution in [0.2, 0.25) is 5.02 Å². The number of aliphatic carboxylic acids is 1. The summed E-state index contributed by atoms with van der Waals surface area (Å²) in [6, 6.07) is 13.5. The third kappa shape index (κ3) is 3.09. The van der Waals surface area contributed by atoms with Crippen molar-refractivity contribution in [3.05, 3.63) is 63.7 Å². The van der Waals surface area contributed by atoms with Gasteiger partial charge in [-0.05, 0) is 29.3 Å². The fourth-order valence-electron chi connectivity index (χ4n) is 2.89. The van der Waals surface area contributed by atoms with Gasteiger partial charge in [-0.2, -0.15) is 0 Å². The standard InChI is InChI=1S/C19H13ClN2O3S/c20-12-4-1-10(2-5-12)11-3-6-13-14(9-11)26-19-17(13)18(25)21-15(22-19)7-8-16(23)24/h1-6,9H,7-8H2,(H,23,24)(H,21,22,25). The van der Waals surface area contributed by atoms with Gasteiger partial charge < -0.3 is 10.1 Å². The third-order valence-corrected chi connectivity index (χ3v) is 5.44. The Morgan fingerprint density at radius 1 is 1.15 bits per heavy atom. The first-order valence-electron chi connectivity index (χ1n) is 7.94. The second kappa shape index (κ2) is 6.55. The van der Waals surface area contributed by atoms with Crippen LogP contribution in [-0.2, 0) is 11.2 Å². The fraction of sp³-hybridized carbons (Fsp3) is 0.105. The summed E-state index contributed by atoms with van der Waals surface area (Å²) in [5.74, 6) is -0.522. The molecule has 0 atom stereocenters. The predicted molar refractivity (Wildman–Crippen MR) is 104 cm³/mol. The molecule has 0 saturated heterocycles. The number of aryl methyl sites for hydroxylation is 1. The van der Waals surface area contributed by atoms with Crippen molar-refractivity contribution < 1.29 is 9.90 Å². The summed E-state index contributed by atoms with van der Waals surface area (Å²) in [6.07, 6.45) is 0.130. The van der Waals surface area contributed by atoms with Crippen LogP contribution >= 0.6 is 22.9 Å². The Labute approximate surface area is 156 Å². The van der Waals surface area contributed by atoms with E-state index in [9.17, 15) is 9.59 Å². The number of carboxylic acid groups (broad SMARTS) is 1. The quantitative estimate of drug-likeness (QED) is 0.543. The van der Waals surface area contributed by atoms with E-state index in [1.54, 1.807) is 0 Å². The first-order valence-corrected chi connectivity index (χ1v) is 9.14. The number of carboxylic acids is 1. The van der Waals surface area contributed by atoms with Gasteiger partial charge in [0.05, 0.1) is 11.8 Å². The maximum absolute atomic E-state index is 12.5. The lowest BCUT2D eigenvalue weighted by atomic mass is 10.0. The first kappa shape index (κ1) is 16.8. The average Bonchev–Trinajstić information content (AvgIpc) is 2.98. The number of rotatable bonds is 4. The van der Waals surface area contributed by atoms with Crippen LogP contribution in [0.15, 0.2) is 47.3 Å². The molecular weight excluding hydrogens is 372 g/mol. The van der Waals surface area contributed by atoms with Gasteiger partial charge in [0.2, 0.25) is 0 Å². The summed E-state index contributed by atoms with van der Waals surface area (Å²) < 4.78 is 0.959. The van der Waals surface area contributed by atoms with E-state index in [0.717, 1.165) is 21.2 Å². The molecule has 130 valence electrons. The molecule has 4 aromatic rings. The number of fused-ring (bicyclic) bond motifs is 3. The van der Waals surface area contributed by atoms with Gasteiger partial charge in [0.1, 0.15) is 10.7 Å². The van der Waals surface area contributed by atoms with Gasteiger partial charge in [0.15, 0.2) is 0 Å². The van der Waals surface area contributed by atoms with E-state index in [4.69, 9.17) is 16.7 Å². The number of hydrogen-bond acceptors (Lipinski definition) is 4. The Kier molecular flexibility index (Phi) is 4.22. The van der Waals surface area contributed by atoms with Crippen molar-refractivity contribution in [2.75, 3.05) is 0 Å². The molecule has 2 aromatic heterocycles. The maximum Gasteiger partial charge on any atom is 0.303 e. The highest BCUT2D eigenvalue weighted by molar-refractivity contribution is 7.25. The molecule has 0 aliphatic carbocycles. The fourth-order valence-corrected chi connectivity index (χ4v) is 4.15. The number of carbonyl (C=O) groups is 1. The molecule has 0 radical (unpaired) electrons. The van der Waals surface area contributed by atoms with E-state index in [-0.39, 0.29) is 18.4 Å². The van der Waals surface area contributed by atoms with Crippen LogP contribution in [0.3, 0.4) is 0 Å². The molecule has 0 unspecified atom stereocenters. The van der Waals surface area contributed by atoms with Gasteiger partial charge in [-0.15, -0.1) is 11.3 Å². The zero-order valence-electron chi connectivity index (χ0n) is 13.5. The number of aromatic amines is 1. The number of halogens is 1. The Hall–Kier alpha value is -2.70. The van der Waals surface area contributed by atoms with Gasteiger partial charge in [0, 0.05) is 21.5 Å². The highest BCUT2D eigenvalue weighted by Gasteiger charge is 2.13. The molecule has 0 saturated carbocycles. The second-order valence-electron chi connectivity index (χ2n) is 5.91. The number of nitrogens with one attached hydrogen (secondary N) is 1. The molecule has 26 heavy (non-hydrogen) atoms. The first-order chi connectivity index (χ1) is 12.5. The average molecular weight is 385 g/mol. The van der Waals surface area contributed by atoms with Crippen LogP contribution < -0.4 is 5.56 Å². The summed E-state index contributed by atoms with van der Waals surface area (Å²) in [5.41, 5.74) is 1.84. The van der Waals surface area contributed by atoms with Gasteiger partial charge in [-0.3, -0.25) is 9.59 Å². The van der Waals surface area contributed by atoms with Crippen LogP contribution in [0.1, 0.15) is 12.2 Å². The van der Waals surface area contributed by atoms with Crippen LogP contribution in [0.4, 0.5) is 0 Å². The van der Waals surface area contributed by atoms with Gasteiger partial charge in [-0.1, -0.05) is 35.9 Å². The lowest BCUT2D eigenvalue weighted by molar-refractivity contribution is -0.137. The van der Waals surface area contributed by atoms with Gasteiger partial charge in [0.25, 0.3) is 5.56 Å². The molecule has 0 amide bonds. The van der Waals surface area contributed by atoms with E-state index >= 15 is 0 Å². The summed E-state index contributed by atoms with van der Waals surface area (Å²) in [4.78, 5) is 31.0. The molecule has 0 bridgehead atoms. The molecule has 2 heterocycles. The number of hydrogen-bond donors (Lipinski definition) is 2. The molecule has 0 aliphatic heterocycles. The molecule has 7 heteroatoms. The second-order valence-corrected chi connectivity index (χ2v) is 7.37. The maximum atomic E-state index is 12.5. The number of thiophene rings is 1. The van der Waals surface area contributed by atoms with Crippen molar-refractivity contribution in [3.8, 4) is 11.1 Å². The van der Waals surface area contributed by atoms with Crippen molar-refractivity contribution >= 4 is 49.2 Å². The zero-order chi connectivity index (χ0) is 18.3. The predicted octanol–water partition coefficient (Wildman–Crippen LogP) is 4.48. The molecule has 2 aromatic carbocycles. The lowest BCUT2D eigenvalue weighted by Crippen LogP contribution is -2.12. The molecule has 0 spiro atoms. The number of H-pyrrole nitrogens is 1. The number of benzene rings is 2. The zero-order valence-corrected chi connectivity index (χ0v) is 15.0. The van der Waals surface area contributed by atoms with E-state index in [1.807, 2.05) is 42.5 Å². The minimum atomic E-state index is -0.920. The van der Waals surface area contributed by atoms with E-state index in [1.165, 1.54) is 11.3 Å². The largest absolute Gasteiger partial charge is 0.481 e. The van der Waals surface area contributed by atoms with Gasteiger partial charge in [-0.25, -0.2) is 4.98 Å². The molecule has 5 nitrogen and oxygen atoms in total. The van der Waals surface area contributed by atoms with Gasteiger partial charge >= 0.3 is 5.97 Å². The summed E-state index contributed by atoms with van der Waals surface area (Å²) >= 11 is 7.38. The summed E-state index contributed by atoms with van der Waals surface area (Å²) in [5, 5.41) is 10.9. The molecule has 0 fully saturated rings. The highest BCUT2D eigenvalue weighted by atomic mass is 35.5. The smallest absolute Gasteiger partial charge is 0.303 e. The monoisotopic (exact) mass is 384 g/mol. The van der Waals surface area contributed by atoms with Crippen LogP contribution in [0.25, 0.3) is 31.4 Å². The van der Waals surface area contributed by atoms with Crippen molar-refractivity contribution in [1.82, 2.24) is 9.97 Å². The molecule has 2 N–H and O–H groups in total. The molecule has 0 aliphatic rings. The van der Waals surface area contributed by atoms with Crippen molar-refractivity contribution in [2.24, 2.45) is 0 Å². The topological polar surface area (TPSA) is 83.0 Å². The third-order valence-electron chi connectivity index (χ3n) is 4.15. The Bertz CT molecular complexity index is 1200. The van der Waals surface area contributed by atoms with E-state index in [0.29, 0.717) is 21.1 Å². The van der Waals surface area contributed by atoms with Crippen molar-refractivity contribution in [2.45, 2.75) is 12.8 Å². The highest BCUT2D eigenvalue weighted by Crippen LogP contribution is 2.34. The minimum Gasteiger partial charge on any atom is -0.481 e. The Balaban J connectivity index is 1.82. The van der Waals surface area contributed by atoms with Crippen molar-refractivity contribution in [1.29, 1.82) is 0 Å². The molecule has 4 rings (SSSR count). The summed E-state index contributed by atoms with van der Waals surface area (Å²) in [6.45, 7) is 0. The van der Waals surface area contributed by atoms with E-state index < -0.39 is 5.97 Å². The Morgan fingerprint density at radius 3 is 2.62 bits per heavy atom. The van der Waals surface area contributed by atoms with Crippen molar-refractivity contribution in [3.63, 3.8) is 0 Å². The van der Waals surface area contributed by atoms with Crippen LogP contribution in [-0.4, -0.2) is 21.0 Å². The normalized spacial score (nSPS) is 11.3.